The van der Waals surface area contributed by atoms with Crippen LogP contribution in [0, 0.1) is 0 Å². The van der Waals surface area contributed by atoms with Crippen molar-refractivity contribution in [2.75, 3.05) is 0 Å². The largest absolute Gasteiger partial charge is 0.308 e. The van der Waals surface area contributed by atoms with E-state index in [1.165, 1.54) is 29.2 Å². The molecular formula is C7H6FN3O2S. The van der Waals surface area contributed by atoms with E-state index in [2.05, 4.69) is 9.97 Å². The fraction of sp³-hybridized carbons (Fsp3) is 0.143. The number of hydrogen-bond donors (Lipinski definition) is 0. The third-order valence-corrected chi connectivity index (χ3v) is 2.35. The molecule has 5 nitrogen and oxygen atoms in total. The van der Waals surface area contributed by atoms with Crippen LogP contribution in [0.5, 0.6) is 0 Å². The molecule has 0 atom stereocenters. The second-order valence-electron chi connectivity index (χ2n) is 2.74. The lowest BCUT2D eigenvalue weighted by Crippen LogP contribution is -2.00. The van der Waals surface area contributed by atoms with Gasteiger partial charge in [0.25, 0.3) is 0 Å². The third-order valence-electron chi connectivity index (χ3n) is 1.71. The maximum atomic E-state index is 12.4. The van der Waals surface area contributed by atoms with Gasteiger partial charge in [0.15, 0.2) is 5.65 Å². The smallest absolute Gasteiger partial charge is 0.300 e. The predicted molar refractivity (Wildman–Crippen MR) is 46.7 cm³/mol. The zero-order valence-corrected chi connectivity index (χ0v) is 7.78. The summed E-state index contributed by atoms with van der Waals surface area (Å²) >= 11 is 0. The van der Waals surface area contributed by atoms with Crippen molar-refractivity contribution in [1.29, 1.82) is 0 Å². The monoisotopic (exact) mass is 215 g/mol. The van der Waals surface area contributed by atoms with Crippen LogP contribution in [-0.4, -0.2) is 22.8 Å². The van der Waals surface area contributed by atoms with Crippen molar-refractivity contribution in [3.8, 4) is 0 Å². The Labute approximate surface area is 79.4 Å². The van der Waals surface area contributed by atoms with Crippen molar-refractivity contribution in [2.45, 2.75) is 5.75 Å². The zero-order chi connectivity index (χ0) is 10.2. The van der Waals surface area contributed by atoms with Crippen LogP contribution < -0.4 is 0 Å². The molecule has 0 spiro atoms. The van der Waals surface area contributed by atoms with Crippen LogP contribution in [0.3, 0.4) is 0 Å². The van der Waals surface area contributed by atoms with Gasteiger partial charge in [0.1, 0.15) is 5.75 Å². The topological polar surface area (TPSA) is 64.3 Å². The second kappa shape index (κ2) is 3.02. The molecule has 0 aromatic carbocycles. The van der Waals surface area contributed by atoms with E-state index in [0.29, 0.717) is 5.65 Å². The lowest BCUT2D eigenvalue weighted by atomic mass is 10.5. The van der Waals surface area contributed by atoms with Gasteiger partial charge < -0.3 is 4.40 Å². The Bertz CT molecular complexity index is 563. The molecule has 0 aliphatic rings. The van der Waals surface area contributed by atoms with Crippen molar-refractivity contribution >= 4 is 15.9 Å². The molecular weight excluding hydrogens is 209 g/mol. The highest BCUT2D eigenvalue weighted by Crippen LogP contribution is 2.09. The van der Waals surface area contributed by atoms with Crippen molar-refractivity contribution in [3.05, 3.63) is 30.5 Å². The number of imidazole rings is 1. The van der Waals surface area contributed by atoms with Gasteiger partial charge in [-0.3, -0.25) is 4.98 Å². The Hall–Kier alpha value is -1.50. The molecule has 0 fully saturated rings. The van der Waals surface area contributed by atoms with Crippen LogP contribution in [0.2, 0.25) is 0 Å². The first kappa shape index (κ1) is 9.07. The fourth-order valence-electron chi connectivity index (χ4n) is 1.18. The first-order valence-electron chi connectivity index (χ1n) is 3.74. The molecule has 0 unspecified atom stereocenters. The molecule has 2 aromatic rings. The van der Waals surface area contributed by atoms with Gasteiger partial charge in [0.05, 0.1) is 18.1 Å². The predicted octanol–water partition coefficient (Wildman–Crippen LogP) is 0.529. The third kappa shape index (κ3) is 1.72. The summed E-state index contributed by atoms with van der Waals surface area (Å²) in [6.45, 7) is 0. The summed E-state index contributed by atoms with van der Waals surface area (Å²) < 4.78 is 34.7. The fourth-order valence-corrected chi connectivity index (χ4v) is 1.75. The molecule has 0 aliphatic carbocycles. The van der Waals surface area contributed by atoms with E-state index in [1.54, 1.807) is 0 Å². The maximum absolute atomic E-state index is 12.4. The van der Waals surface area contributed by atoms with Crippen LogP contribution in [0.1, 0.15) is 5.69 Å². The summed E-state index contributed by atoms with van der Waals surface area (Å²) in [6, 6.07) is 0. The van der Waals surface area contributed by atoms with Gasteiger partial charge in [-0.25, -0.2) is 4.98 Å². The minimum Gasteiger partial charge on any atom is -0.300 e. The van der Waals surface area contributed by atoms with E-state index < -0.39 is 16.0 Å². The Balaban J connectivity index is 2.54. The minimum absolute atomic E-state index is 0.282. The number of aromatic nitrogens is 3. The van der Waals surface area contributed by atoms with E-state index in [-0.39, 0.29) is 5.69 Å². The summed E-state index contributed by atoms with van der Waals surface area (Å²) in [6.07, 6.45) is 5.79. The van der Waals surface area contributed by atoms with Crippen LogP contribution in [0.25, 0.3) is 5.65 Å². The second-order valence-corrected chi connectivity index (χ2v) is 4.10. The number of halogens is 1. The van der Waals surface area contributed by atoms with Crippen LogP contribution in [0.4, 0.5) is 3.89 Å². The van der Waals surface area contributed by atoms with Gasteiger partial charge in [-0.1, -0.05) is 0 Å². The van der Waals surface area contributed by atoms with Crippen molar-refractivity contribution < 1.29 is 12.3 Å². The van der Waals surface area contributed by atoms with Crippen LogP contribution >= 0.6 is 0 Å². The highest BCUT2D eigenvalue weighted by molar-refractivity contribution is 7.85. The van der Waals surface area contributed by atoms with Gasteiger partial charge in [-0.05, 0) is 0 Å². The highest BCUT2D eigenvalue weighted by atomic mass is 32.3. The average molecular weight is 215 g/mol. The summed E-state index contributed by atoms with van der Waals surface area (Å²) in [7, 11) is -4.52. The summed E-state index contributed by atoms with van der Waals surface area (Å²) in [5.74, 6) is -0.668. The Morgan fingerprint density at radius 3 is 2.93 bits per heavy atom. The van der Waals surface area contributed by atoms with Gasteiger partial charge in [-0.15, -0.1) is 3.89 Å². The maximum Gasteiger partial charge on any atom is 0.308 e. The number of rotatable bonds is 2. The van der Waals surface area contributed by atoms with E-state index in [9.17, 15) is 12.3 Å². The van der Waals surface area contributed by atoms with E-state index >= 15 is 0 Å². The number of hydrogen-bond acceptors (Lipinski definition) is 4. The minimum atomic E-state index is -4.52. The van der Waals surface area contributed by atoms with Gasteiger partial charge in [0, 0.05) is 12.4 Å². The van der Waals surface area contributed by atoms with Crippen molar-refractivity contribution in [3.63, 3.8) is 0 Å². The highest BCUT2D eigenvalue weighted by Gasteiger charge is 2.12. The molecule has 0 radical (unpaired) electrons. The van der Waals surface area contributed by atoms with Gasteiger partial charge in [0.2, 0.25) is 0 Å². The number of fused-ring (bicyclic) bond motifs is 1. The van der Waals surface area contributed by atoms with Crippen LogP contribution in [-0.2, 0) is 16.0 Å². The molecule has 2 aromatic heterocycles. The average Bonchev–Trinajstić information content (AvgIpc) is 2.47. The van der Waals surface area contributed by atoms with E-state index in [1.807, 2.05) is 0 Å². The lowest BCUT2D eigenvalue weighted by Gasteiger charge is -1.96. The summed E-state index contributed by atoms with van der Waals surface area (Å²) in [4.78, 5) is 7.67. The molecule has 14 heavy (non-hydrogen) atoms. The van der Waals surface area contributed by atoms with E-state index in [4.69, 9.17) is 0 Å². The molecule has 0 saturated carbocycles. The van der Waals surface area contributed by atoms with Gasteiger partial charge >= 0.3 is 10.2 Å². The SMILES string of the molecule is O=S(=O)(F)Cc1cnc2cnccn12. The standard InChI is InChI=1S/C7H6FN3O2S/c8-14(12,13)5-6-3-10-7-4-9-1-2-11(6)7/h1-4H,5H2. The van der Waals surface area contributed by atoms with Crippen molar-refractivity contribution in [2.24, 2.45) is 0 Å². The molecule has 0 aliphatic heterocycles. The summed E-state index contributed by atoms with van der Waals surface area (Å²) in [5, 5.41) is 0. The van der Waals surface area contributed by atoms with Gasteiger partial charge in [-0.2, -0.15) is 8.42 Å². The molecule has 2 rings (SSSR count). The van der Waals surface area contributed by atoms with E-state index in [0.717, 1.165) is 0 Å². The Kier molecular flexibility index (Phi) is 1.95. The molecule has 0 saturated heterocycles. The first-order chi connectivity index (χ1) is 6.56. The lowest BCUT2D eigenvalue weighted by molar-refractivity contribution is 0.550. The molecule has 0 N–H and O–H groups in total. The first-order valence-corrected chi connectivity index (χ1v) is 5.30. The zero-order valence-electron chi connectivity index (χ0n) is 6.96. The molecule has 2 heterocycles. The summed E-state index contributed by atoms with van der Waals surface area (Å²) in [5.41, 5.74) is 0.774. The normalized spacial score (nSPS) is 12.1. The molecule has 74 valence electrons. The Morgan fingerprint density at radius 1 is 1.43 bits per heavy atom. The molecule has 7 heteroatoms. The molecule has 0 amide bonds. The molecule has 0 bridgehead atoms. The van der Waals surface area contributed by atoms with Crippen molar-refractivity contribution in [1.82, 2.24) is 14.4 Å². The van der Waals surface area contributed by atoms with Crippen LogP contribution in [0.15, 0.2) is 24.8 Å². The quantitative estimate of drug-likeness (QED) is 0.685. The Morgan fingerprint density at radius 2 is 2.21 bits per heavy atom. The number of nitrogens with zero attached hydrogens (tertiary/aromatic N) is 3.